The number of aromatic nitrogens is 1. The van der Waals surface area contributed by atoms with Crippen LogP contribution in [0.1, 0.15) is 32.0 Å². The number of hydrogen-bond donors (Lipinski definition) is 3. The van der Waals surface area contributed by atoms with Gasteiger partial charge in [0.05, 0.1) is 17.8 Å². The standard InChI is InChI=1S/C21H25ClN6O/c1-14-17(6-5-11-24-14)26-20(25-13-23)28-19(21(2,3)4)27-18(29)12-15-7-9-16(22)10-8-15/h5-11,19H,12H2,1-4H3,(H,27,29)(H2,25,26,28)/t19-/m0/s1. The average molecular weight is 413 g/mol. The van der Waals surface area contributed by atoms with Gasteiger partial charge in [0, 0.05) is 16.6 Å². The second kappa shape index (κ2) is 9.89. The molecule has 0 aliphatic heterocycles. The van der Waals surface area contributed by atoms with Gasteiger partial charge in [0.2, 0.25) is 11.9 Å². The molecule has 1 atom stereocenters. The smallest absolute Gasteiger partial charge is 0.226 e. The number of rotatable bonds is 5. The zero-order valence-corrected chi connectivity index (χ0v) is 17.7. The number of anilines is 1. The van der Waals surface area contributed by atoms with E-state index in [-0.39, 0.29) is 23.7 Å². The number of aliphatic imine (C=N–C) groups is 1. The first kappa shape index (κ1) is 22.2. The largest absolute Gasteiger partial charge is 0.333 e. The van der Waals surface area contributed by atoms with Crippen molar-refractivity contribution in [3.63, 3.8) is 0 Å². The molecule has 0 bridgehead atoms. The number of aryl methyl sites for hydroxylation is 1. The number of benzene rings is 1. The van der Waals surface area contributed by atoms with E-state index in [1.807, 2.05) is 52.1 Å². The van der Waals surface area contributed by atoms with Crippen molar-refractivity contribution < 1.29 is 4.79 Å². The van der Waals surface area contributed by atoms with Gasteiger partial charge in [0.25, 0.3) is 0 Å². The van der Waals surface area contributed by atoms with Gasteiger partial charge in [-0.15, -0.1) is 0 Å². The van der Waals surface area contributed by atoms with E-state index in [2.05, 4.69) is 25.9 Å². The number of guanidine groups is 1. The van der Waals surface area contributed by atoms with Crippen LogP contribution in [-0.4, -0.2) is 23.0 Å². The first-order valence-electron chi connectivity index (χ1n) is 9.14. The van der Waals surface area contributed by atoms with E-state index in [1.165, 1.54) is 0 Å². The van der Waals surface area contributed by atoms with Crippen molar-refractivity contribution >= 4 is 29.2 Å². The number of amides is 1. The van der Waals surface area contributed by atoms with Crippen LogP contribution in [0.3, 0.4) is 0 Å². The molecule has 0 saturated carbocycles. The van der Waals surface area contributed by atoms with Crippen LogP contribution < -0.4 is 16.0 Å². The topological polar surface area (TPSA) is 102 Å². The zero-order chi connectivity index (χ0) is 21.4. The third-order valence-corrected chi connectivity index (χ3v) is 4.34. The van der Waals surface area contributed by atoms with Gasteiger partial charge < -0.3 is 10.6 Å². The minimum absolute atomic E-state index is 0.176. The fraction of sp³-hybridized carbons (Fsp3) is 0.333. The van der Waals surface area contributed by atoms with Crippen molar-refractivity contribution in [3.8, 4) is 6.19 Å². The second-order valence-corrected chi connectivity index (χ2v) is 8.05. The van der Waals surface area contributed by atoms with Gasteiger partial charge in [-0.25, -0.2) is 4.99 Å². The molecule has 8 heteroatoms. The molecule has 0 unspecified atom stereocenters. The number of nitriles is 1. The van der Waals surface area contributed by atoms with Gasteiger partial charge in [-0.2, -0.15) is 5.26 Å². The molecular formula is C21H25ClN6O. The van der Waals surface area contributed by atoms with Crippen LogP contribution in [0.4, 0.5) is 5.69 Å². The highest BCUT2D eigenvalue weighted by atomic mass is 35.5. The number of pyridine rings is 1. The summed E-state index contributed by atoms with van der Waals surface area (Å²) in [5.41, 5.74) is 1.94. The molecular weight excluding hydrogens is 388 g/mol. The Balaban J connectivity index is 2.20. The summed E-state index contributed by atoms with van der Waals surface area (Å²) in [7, 11) is 0. The van der Waals surface area contributed by atoms with Gasteiger partial charge in [0.15, 0.2) is 6.19 Å². The quantitative estimate of drug-likeness (QED) is 0.301. The van der Waals surface area contributed by atoms with Crippen molar-refractivity contribution in [2.75, 3.05) is 5.32 Å². The number of carbonyl (C=O) groups is 1. The van der Waals surface area contributed by atoms with Crippen LogP contribution in [0.25, 0.3) is 0 Å². The van der Waals surface area contributed by atoms with Crippen molar-refractivity contribution in [2.24, 2.45) is 10.4 Å². The molecule has 0 radical (unpaired) electrons. The van der Waals surface area contributed by atoms with E-state index in [0.717, 1.165) is 11.3 Å². The molecule has 0 aliphatic rings. The van der Waals surface area contributed by atoms with E-state index >= 15 is 0 Å². The lowest BCUT2D eigenvalue weighted by Crippen LogP contribution is -2.45. The summed E-state index contributed by atoms with van der Waals surface area (Å²) in [6, 6.07) is 10.7. The van der Waals surface area contributed by atoms with E-state index < -0.39 is 6.17 Å². The van der Waals surface area contributed by atoms with E-state index in [0.29, 0.717) is 10.7 Å². The van der Waals surface area contributed by atoms with Crippen LogP contribution in [-0.2, 0) is 11.2 Å². The lowest BCUT2D eigenvalue weighted by molar-refractivity contribution is -0.121. The minimum atomic E-state index is -0.567. The SMILES string of the molecule is Cc1ncccc1NC(=N[C@H](NC(=O)Cc1ccc(Cl)cc1)C(C)(C)C)NC#N. The molecule has 1 amide bonds. The Kier molecular flexibility index (Phi) is 7.57. The Morgan fingerprint density at radius 1 is 1.28 bits per heavy atom. The van der Waals surface area contributed by atoms with E-state index in [4.69, 9.17) is 16.9 Å². The highest BCUT2D eigenvalue weighted by molar-refractivity contribution is 6.30. The van der Waals surface area contributed by atoms with Gasteiger partial charge in [0.1, 0.15) is 6.17 Å². The van der Waals surface area contributed by atoms with Gasteiger partial charge in [-0.3, -0.25) is 15.1 Å². The molecule has 152 valence electrons. The van der Waals surface area contributed by atoms with Crippen LogP contribution in [0, 0.1) is 23.8 Å². The predicted octanol–water partition coefficient (Wildman–Crippen LogP) is 3.61. The Morgan fingerprint density at radius 3 is 2.55 bits per heavy atom. The highest BCUT2D eigenvalue weighted by Gasteiger charge is 2.26. The lowest BCUT2D eigenvalue weighted by atomic mass is 9.92. The maximum Gasteiger partial charge on any atom is 0.226 e. The maximum absolute atomic E-state index is 12.6. The summed E-state index contributed by atoms with van der Waals surface area (Å²) in [6.07, 6.45) is 3.20. The van der Waals surface area contributed by atoms with Crippen LogP contribution in [0.2, 0.25) is 5.02 Å². The summed E-state index contributed by atoms with van der Waals surface area (Å²) in [4.78, 5) is 21.4. The highest BCUT2D eigenvalue weighted by Crippen LogP contribution is 2.21. The van der Waals surface area contributed by atoms with Crippen molar-refractivity contribution in [1.82, 2.24) is 15.6 Å². The molecule has 1 heterocycles. The van der Waals surface area contributed by atoms with Gasteiger partial charge in [-0.1, -0.05) is 44.5 Å². The van der Waals surface area contributed by atoms with Crippen molar-refractivity contribution in [2.45, 2.75) is 40.3 Å². The lowest BCUT2D eigenvalue weighted by Gasteiger charge is -2.29. The number of carbonyl (C=O) groups excluding carboxylic acids is 1. The first-order valence-corrected chi connectivity index (χ1v) is 9.52. The van der Waals surface area contributed by atoms with Crippen LogP contribution >= 0.6 is 11.6 Å². The van der Waals surface area contributed by atoms with Gasteiger partial charge in [-0.05, 0) is 36.8 Å². The third kappa shape index (κ3) is 7.09. The summed E-state index contributed by atoms with van der Waals surface area (Å²) in [5.74, 6) is 0.0557. The second-order valence-electron chi connectivity index (χ2n) is 7.62. The predicted molar refractivity (Wildman–Crippen MR) is 115 cm³/mol. The molecule has 0 saturated heterocycles. The monoisotopic (exact) mass is 412 g/mol. The number of halogens is 1. The molecule has 29 heavy (non-hydrogen) atoms. The molecule has 1 aromatic carbocycles. The summed E-state index contributed by atoms with van der Waals surface area (Å²) >= 11 is 5.89. The van der Waals surface area contributed by atoms with Crippen LogP contribution in [0.15, 0.2) is 47.6 Å². The third-order valence-electron chi connectivity index (χ3n) is 4.09. The summed E-state index contributed by atoms with van der Waals surface area (Å²) in [6.45, 7) is 7.73. The summed E-state index contributed by atoms with van der Waals surface area (Å²) in [5, 5.41) is 18.3. The van der Waals surface area contributed by atoms with Gasteiger partial charge >= 0.3 is 0 Å². The normalized spacial score (nSPS) is 12.6. The molecule has 0 aliphatic carbocycles. The maximum atomic E-state index is 12.6. The molecule has 1 aromatic heterocycles. The van der Waals surface area contributed by atoms with Crippen molar-refractivity contribution in [3.05, 3.63) is 58.9 Å². The molecule has 0 spiro atoms. The minimum Gasteiger partial charge on any atom is -0.333 e. The molecule has 2 rings (SSSR count). The fourth-order valence-electron chi connectivity index (χ4n) is 2.46. The first-order chi connectivity index (χ1) is 13.7. The summed E-state index contributed by atoms with van der Waals surface area (Å²) < 4.78 is 0. The Bertz CT molecular complexity index is 912. The Labute approximate surface area is 176 Å². The Morgan fingerprint density at radius 2 is 1.97 bits per heavy atom. The molecule has 0 fully saturated rings. The molecule has 2 aromatic rings. The Hall–Kier alpha value is -3.11. The average Bonchev–Trinajstić information content (AvgIpc) is 2.64. The number of nitrogens with one attached hydrogen (secondary N) is 3. The zero-order valence-electron chi connectivity index (χ0n) is 17.0. The van der Waals surface area contributed by atoms with E-state index in [1.54, 1.807) is 24.4 Å². The van der Waals surface area contributed by atoms with Crippen molar-refractivity contribution in [1.29, 1.82) is 5.26 Å². The fourth-order valence-corrected chi connectivity index (χ4v) is 2.58. The van der Waals surface area contributed by atoms with E-state index in [9.17, 15) is 4.79 Å². The van der Waals surface area contributed by atoms with Crippen LogP contribution in [0.5, 0.6) is 0 Å². The molecule has 7 nitrogen and oxygen atoms in total. The number of nitrogens with zero attached hydrogens (tertiary/aromatic N) is 3. The number of hydrogen-bond acceptors (Lipinski definition) is 4. The molecule has 3 N–H and O–H groups in total.